The molecule has 0 spiro atoms. The summed E-state index contributed by atoms with van der Waals surface area (Å²) < 4.78 is 12.3. The summed E-state index contributed by atoms with van der Waals surface area (Å²) in [5.41, 5.74) is 3.20. The van der Waals surface area contributed by atoms with Crippen molar-refractivity contribution in [2.75, 3.05) is 14.2 Å². The monoisotopic (exact) mass is 384 g/mol. The van der Waals surface area contributed by atoms with Crippen molar-refractivity contribution in [2.24, 2.45) is 0 Å². The average Bonchev–Trinajstić information content (AvgIpc) is 2.78. The number of para-hydroxylation sites is 1. The van der Waals surface area contributed by atoms with Crippen molar-refractivity contribution in [3.8, 4) is 22.6 Å². The molecule has 4 aromatic rings. The van der Waals surface area contributed by atoms with E-state index in [2.05, 4.69) is 0 Å². The molecule has 0 fully saturated rings. The smallest absolute Gasteiger partial charge is 0.266 e. The molecule has 2 heterocycles. The summed E-state index contributed by atoms with van der Waals surface area (Å²) in [5, 5.41) is 0. The first-order valence-corrected chi connectivity index (χ1v) is 9.18. The van der Waals surface area contributed by atoms with Crippen LogP contribution < -0.4 is 15.0 Å². The van der Waals surface area contributed by atoms with Gasteiger partial charge in [-0.25, -0.2) is 4.98 Å². The Hall–Kier alpha value is -3.86. The Morgan fingerprint density at radius 2 is 1.72 bits per heavy atom. The highest BCUT2D eigenvalue weighted by Gasteiger charge is 2.14. The van der Waals surface area contributed by atoms with Crippen LogP contribution in [0.2, 0.25) is 0 Å². The van der Waals surface area contributed by atoms with E-state index in [0.29, 0.717) is 22.7 Å². The van der Waals surface area contributed by atoms with Crippen LogP contribution in [0.25, 0.3) is 28.9 Å². The molecule has 0 saturated heterocycles. The lowest BCUT2D eigenvalue weighted by molar-refractivity contribution is 0.414. The zero-order valence-electron chi connectivity index (χ0n) is 16.2. The fourth-order valence-electron chi connectivity index (χ4n) is 3.25. The molecule has 2 aromatic carbocycles. The molecule has 0 N–H and O–H groups in total. The molecule has 144 valence electrons. The molecule has 4 rings (SSSR count). The predicted molar refractivity (Wildman–Crippen MR) is 115 cm³/mol. The number of hydrogen-bond acceptors (Lipinski definition) is 4. The second-order valence-electron chi connectivity index (χ2n) is 6.41. The Kier molecular flexibility index (Phi) is 5.12. The van der Waals surface area contributed by atoms with Crippen LogP contribution in [-0.2, 0) is 0 Å². The molecular weight excluding hydrogens is 364 g/mol. The molecule has 5 heteroatoms. The zero-order valence-corrected chi connectivity index (χ0v) is 16.2. The fraction of sp³-hybridized carbons (Fsp3) is 0.0833. The predicted octanol–water partition coefficient (Wildman–Crippen LogP) is 4.55. The number of methoxy groups -OCH3 is 2. The summed E-state index contributed by atoms with van der Waals surface area (Å²) in [4.78, 5) is 18.0. The molecule has 2 aromatic heterocycles. The van der Waals surface area contributed by atoms with Gasteiger partial charge in [0, 0.05) is 11.8 Å². The highest BCUT2D eigenvalue weighted by molar-refractivity contribution is 5.81. The first kappa shape index (κ1) is 18.5. The molecule has 29 heavy (non-hydrogen) atoms. The number of fused-ring (bicyclic) bond motifs is 1. The van der Waals surface area contributed by atoms with Crippen molar-refractivity contribution < 1.29 is 9.47 Å². The summed E-state index contributed by atoms with van der Waals surface area (Å²) in [6.45, 7) is 0. The van der Waals surface area contributed by atoms with Crippen LogP contribution in [0.4, 0.5) is 0 Å². The highest BCUT2D eigenvalue weighted by Crippen LogP contribution is 2.26. The van der Waals surface area contributed by atoms with Gasteiger partial charge in [0.15, 0.2) is 0 Å². The normalized spacial score (nSPS) is 11.1. The van der Waals surface area contributed by atoms with Crippen LogP contribution >= 0.6 is 0 Å². The van der Waals surface area contributed by atoms with Gasteiger partial charge in [0.2, 0.25) is 0 Å². The van der Waals surface area contributed by atoms with E-state index >= 15 is 0 Å². The van der Waals surface area contributed by atoms with Crippen LogP contribution in [0.5, 0.6) is 11.5 Å². The Bertz CT molecular complexity index is 1260. The second-order valence-corrected chi connectivity index (χ2v) is 6.41. The summed E-state index contributed by atoms with van der Waals surface area (Å²) in [6, 6.07) is 20.6. The average molecular weight is 384 g/mol. The minimum Gasteiger partial charge on any atom is -0.497 e. The van der Waals surface area contributed by atoms with Gasteiger partial charge in [-0.3, -0.25) is 9.20 Å². The third-order valence-electron chi connectivity index (χ3n) is 4.68. The molecule has 5 nitrogen and oxygen atoms in total. The molecule has 0 atom stereocenters. The van der Waals surface area contributed by atoms with Gasteiger partial charge >= 0.3 is 0 Å². The Morgan fingerprint density at radius 3 is 2.55 bits per heavy atom. The van der Waals surface area contributed by atoms with Gasteiger partial charge in [-0.15, -0.1) is 0 Å². The fourth-order valence-corrected chi connectivity index (χ4v) is 3.25. The van der Waals surface area contributed by atoms with Gasteiger partial charge in [-0.2, -0.15) is 0 Å². The first-order valence-electron chi connectivity index (χ1n) is 9.18. The lowest BCUT2D eigenvalue weighted by atomic mass is 10.0. The van der Waals surface area contributed by atoms with E-state index < -0.39 is 0 Å². The topological polar surface area (TPSA) is 52.8 Å². The number of benzene rings is 2. The molecule has 0 amide bonds. The minimum absolute atomic E-state index is 0.136. The van der Waals surface area contributed by atoms with Gasteiger partial charge in [-0.1, -0.05) is 36.4 Å². The van der Waals surface area contributed by atoms with E-state index in [1.165, 1.54) is 0 Å². The third-order valence-corrected chi connectivity index (χ3v) is 4.68. The Balaban J connectivity index is 1.94. The number of ether oxygens (including phenoxy) is 2. The van der Waals surface area contributed by atoms with Crippen LogP contribution in [0.3, 0.4) is 0 Å². The molecule has 0 bridgehead atoms. The van der Waals surface area contributed by atoms with E-state index in [1.54, 1.807) is 24.8 Å². The molecule has 0 saturated carbocycles. The quantitative estimate of drug-likeness (QED) is 0.507. The minimum atomic E-state index is -0.136. The summed E-state index contributed by atoms with van der Waals surface area (Å²) in [6.07, 6.45) is 5.48. The van der Waals surface area contributed by atoms with Crippen molar-refractivity contribution >= 4 is 17.8 Å². The largest absolute Gasteiger partial charge is 0.497 e. The lowest BCUT2D eigenvalue weighted by Crippen LogP contribution is -2.18. The Labute approximate surface area is 168 Å². The van der Waals surface area contributed by atoms with Gasteiger partial charge in [0.1, 0.15) is 17.1 Å². The van der Waals surface area contributed by atoms with Gasteiger partial charge in [-0.05, 0) is 48.0 Å². The van der Waals surface area contributed by atoms with E-state index in [-0.39, 0.29) is 5.56 Å². The summed E-state index contributed by atoms with van der Waals surface area (Å²) in [5.74, 6) is 1.43. The summed E-state index contributed by atoms with van der Waals surface area (Å²) in [7, 11) is 3.24. The van der Waals surface area contributed by atoms with Gasteiger partial charge in [0.25, 0.3) is 5.56 Å². The van der Waals surface area contributed by atoms with Gasteiger partial charge < -0.3 is 9.47 Å². The number of aromatic nitrogens is 2. The highest BCUT2D eigenvalue weighted by atomic mass is 16.5. The van der Waals surface area contributed by atoms with Gasteiger partial charge in [0.05, 0.1) is 25.5 Å². The molecule has 0 aliphatic rings. The summed E-state index contributed by atoms with van der Waals surface area (Å²) >= 11 is 0. The molecule has 0 radical (unpaired) electrons. The van der Waals surface area contributed by atoms with Crippen LogP contribution in [-0.4, -0.2) is 23.6 Å². The molecular formula is C24H20N2O3. The maximum absolute atomic E-state index is 13.3. The number of hydrogen-bond donors (Lipinski definition) is 0. The maximum Gasteiger partial charge on any atom is 0.266 e. The first-order chi connectivity index (χ1) is 14.2. The van der Waals surface area contributed by atoms with Crippen molar-refractivity contribution in [2.45, 2.75) is 0 Å². The lowest BCUT2D eigenvalue weighted by Gasteiger charge is -2.10. The van der Waals surface area contributed by atoms with E-state index in [1.807, 2.05) is 78.9 Å². The molecule has 0 aliphatic carbocycles. The standard InChI is InChI=1S/C24H20N2O3/c1-28-19-10-7-9-18(16-19)23-20(14-13-17-8-3-4-11-21(17)29-2)25-22-12-5-6-15-26(22)24(23)27/h3-16H,1-2H3. The zero-order chi connectivity index (χ0) is 20.2. The molecule has 0 aliphatic heterocycles. The SMILES string of the molecule is COc1cccc(-c2c(C=Cc3ccccc3OC)nc3ccccn3c2=O)c1. The third kappa shape index (κ3) is 3.62. The van der Waals surface area contributed by atoms with Crippen molar-refractivity contribution in [1.82, 2.24) is 9.38 Å². The number of nitrogens with zero attached hydrogens (tertiary/aromatic N) is 2. The van der Waals surface area contributed by atoms with E-state index in [0.717, 1.165) is 16.9 Å². The number of rotatable bonds is 5. The van der Waals surface area contributed by atoms with E-state index in [9.17, 15) is 4.79 Å². The maximum atomic E-state index is 13.3. The number of pyridine rings is 1. The van der Waals surface area contributed by atoms with Crippen LogP contribution in [0, 0.1) is 0 Å². The van der Waals surface area contributed by atoms with Crippen molar-refractivity contribution in [3.63, 3.8) is 0 Å². The van der Waals surface area contributed by atoms with E-state index in [4.69, 9.17) is 14.5 Å². The van der Waals surface area contributed by atoms with Crippen LogP contribution in [0.1, 0.15) is 11.3 Å². The van der Waals surface area contributed by atoms with Crippen LogP contribution in [0.15, 0.2) is 77.7 Å². The second kappa shape index (κ2) is 8.02. The van der Waals surface area contributed by atoms with Crippen molar-refractivity contribution in [3.05, 3.63) is 94.5 Å². The Morgan fingerprint density at radius 1 is 0.897 bits per heavy atom. The van der Waals surface area contributed by atoms with Crippen molar-refractivity contribution in [1.29, 1.82) is 0 Å². The molecule has 0 unspecified atom stereocenters.